The molecule has 1 aromatic carbocycles. The maximum Gasteiger partial charge on any atom is 0.329 e. The van der Waals surface area contributed by atoms with Crippen molar-refractivity contribution in [2.24, 2.45) is 0 Å². The first kappa shape index (κ1) is 25.8. The SMILES string of the molecule is CCCCOC(=O)C(CC=O)NC(=O)C(CC(=O)c1ccccc1N)NC(=O)CCC. The Morgan fingerprint density at radius 1 is 1.06 bits per heavy atom. The summed E-state index contributed by atoms with van der Waals surface area (Å²) in [6, 6.07) is 3.97. The topological polar surface area (TPSA) is 145 Å². The van der Waals surface area contributed by atoms with Crippen LogP contribution in [0.3, 0.4) is 0 Å². The number of aldehydes is 1. The maximum atomic E-state index is 12.8. The number of Topliss-reactive ketones (excluding diaryl/α,β-unsaturated/α-hetero) is 1. The fourth-order valence-corrected chi connectivity index (χ4v) is 2.75. The third kappa shape index (κ3) is 8.98. The molecule has 0 aromatic heterocycles. The molecule has 9 heteroatoms. The lowest BCUT2D eigenvalue weighted by Crippen LogP contribution is -2.52. The zero-order valence-corrected chi connectivity index (χ0v) is 18.0. The number of ether oxygens (including phenoxy) is 1. The van der Waals surface area contributed by atoms with E-state index in [4.69, 9.17) is 10.5 Å². The highest BCUT2D eigenvalue weighted by atomic mass is 16.5. The minimum absolute atomic E-state index is 0.169. The monoisotopic (exact) mass is 433 g/mol. The number of para-hydroxylation sites is 1. The van der Waals surface area contributed by atoms with Crippen molar-refractivity contribution in [3.63, 3.8) is 0 Å². The van der Waals surface area contributed by atoms with E-state index in [0.29, 0.717) is 19.1 Å². The summed E-state index contributed by atoms with van der Waals surface area (Å²) in [6.45, 7) is 3.90. The summed E-state index contributed by atoms with van der Waals surface area (Å²) < 4.78 is 5.08. The van der Waals surface area contributed by atoms with Gasteiger partial charge in [0.25, 0.3) is 0 Å². The lowest BCUT2D eigenvalue weighted by atomic mass is 10.0. The van der Waals surface area contributed by atoms with Gasteiger partial charge >= 0.3 is 5.97 Å². The molecule has 0 aliphatic heterocycles. The fraction of sp³-hybridized carbons (Fsp3) is 0.500. The van der Waals surface area contributed by atoms with Gasteiger partial charge in [-0.15, -0.1) is 0 Å². The van der Waals surface area contributed by atoms with E-state index in [1.165, 1.54) is 6.07 Å². The predicted octanol–water partition coefficient (Wildman–Crippen LogP) is 1.54. The molecule has 0 aliphatic rings. The van der Waals surface area contributed by atoms with Gasteiger partial charge in [-0.3, -0.25) is 14.4 Å². The van der Waals surface area contributed by atoms with E-state index in [-0.39, 0.29) is 37.1 Å². The summed E-state index contributed by atoms with van der Waals surface area (Å²) in [5.74, 6) is -2.35. The molecule has 1 rings (SSSR count). The van der Waals surface area contributed by atoms with Gasteiger partial charge in [0.05, 0.1) is 6.61 Å². The van der Waals surface area contributed by atoms with E-state index in [2.05, 4.69) is 10.6 Å². The molecule has 2 unspecified atom stereocenters. The summed E-state index contributed by atoms with van der Waals surface area (Å²) in [6.07, 6.45) is 2.04. The maximum absolute atomic E-state index is 12.8. The molecule has 0 spiro atoms. The Bertz CT molecular complexity index is 780. The van der Waals surface area contributed by atoms with E-state index in [0.717, 1.165) is 6.42 Å². The van der Waals surface area contributed by atoms with Gasteiger partial charge in [0, 0.05) is 30.5 Å². The number of carbonyl (C=O) groups is 5. The van der Waals surface area contributed by atoms with Gasteiger partial charge in [-0.2, -0.15) is 0 Å². The van der Waals surface area contributed by atoms with Gasteiger partial charge < -0.3 is 25.9 Å². The second-order valence-corrected chi connectivity index (χ2v) is 7.07. The van der Waals surface area contributed by atoms with Gasteiger partial charge in [-0.25, -0.2) is 4.79 Å². The predicted molar refractivity (Wildman–Crippen MR) is 115 cm³/mol. The van der Waals surface area contributed by atoms with E-state index < -0.39 is 35.7 Å². The molecule has 0 radical (unpaired) electrons. The van der Waals surface area contributed by atoms with Crippen molar-refractivity contribution in [2.75, 3.05) is 12.3 Å². The number of nitrogens with two attached hydrogens (primary N) is 1. The van der Waals surface area contributed by atoms with E-state index in [9.17, 15) is 24.0 Å². The van der Waals surface area contributed by atoms with Gasteiger partial charge in [-0.1, -0.05) is 32.4 Å². The number of benzene rings is 1. The third-order valence-corrected chi connectivity index (χ3v) is 4.45. The molecule has 1 aromatic rings. The summed E-state index contributed by atoms with van der Waals surface area (Å²) in [7, 11) is 0. The first-order valence-corrected chi connectivity index (χ1v) is 10.4. The highest BCUT2D eigenvalue weighted by Crippen LogP contribution is 2.14. The van der Waals surface area contributed by atoms with Crippen molar-refractivity contribution in [2.45, 2.75) is 64.5 Å². The van der Waals surface area contributed by atoms with Crippen molar-refractivity contribution < 1.29 is 28.7 Å². The van der Waals surface area contributed by atoms with Crippen molar-refractivity contribution in [1.82, 2.24) is 10.6 Å². The highest BCUT2D eigenvalue weighted by Gasteiger charge is 2.29. The second-order valence-electron chi connectivity index (χ2n) is 7.07. The molecule has 0 fully saturated rings. The zero-order valence-electron chi connectivity index (χ0n) is 18.0. The number of hydrogen-bond acceptors (Lipinski definition) is 7. The lowest BCUT2D eigenvalue weighted by molar-refractivity contribution is -0.149. The number of unbranched alkanes of at least 4 members (excludes halogenated alkanes) is 1. The Labute approximate surface area is 182 Å². The van der Waals surface area contributed by atoms with Gasteiger partial charge in [0.2, 0.25) is 11.8 Å². The first-order chi connectivity index (χ1) is 14.8. The summed E-state index contributed by atoms with van der Waals surface area (Å²) in [5.41, 5.74) is 6.32. The fourth-order valence-electron chi connectivity index (χ4n) is 2.75. The minimum Gasteiger partial charge on any atom is -0.464 e. The quantitative estimate of drug-likeness (QED) is 0.133. The van der Waals surface area contributed by atoms with Crippen LogP contribution in [0.25, 0.3) is 0 Å². The average molecular weight is 434 g/mol. The van der Waals surface area contributed by atoms with Crippen molar-refractivity contribution in [3.8, 4) is 0 Å². The van der Waals surface area contributed by atoms with Gasteiger partial charge in [0.15, 0.2) is 5.78 Å². The number of nitrogen functional groups attached to an aromatic ring is 1. The number of anilines is 1. The smallest absolute Gasteiger partial charge is 0.329 e. The van der Waals surface area contributed by atoms with Crippen LogP contribution in [0.5, 0.6) is 0 Å². The van der Waals surface area contributed by atoms with Crippen molar-refractivity contribution in [3.05, 3.63) is 29.8 Å². The second kappa shape index (κ2) is 13.9. The van der Waals surface area contributed by atoms with Crippen molar-refractivity contribution >= 4 is 35.5 Å². The number of hydrogen-bond donors (Lipinski definition) is 3. The van der Waals surface area contributed by atoms with Crippen LogP contribution in [0.15, 0.2) is 24.3 Å². The van der Waals surface area contributed by atoms with Crippen LogP contribution in [0, 0.1) is 0 Å². The van der Waals surface area contributed by atoms with Crippen LogP contribution < -0.4 is 16.4 Å². The highest BCUT2D eigenvalue weighted by molar-refractivity contribution is 6.04. The van der Waals surface area contributed by atoms with Crippen LogP contribution in [0.1, 0.15) is 62.7 Å². The van der Waals surface area contributed by atoms with Gasteiger partial charge in [0.1, 0.15) is 18.4 Å². The minimum atomic E-state index is -1.23. The van der Waals surface area contributed by atoms with Gasteiger partial charge in [-0.05, 0) is 25.0 Å². The Morgan fingerprint density at radius 3 is 2.39 bits per heavy atom. The largest absolute Gasteiger partial charge is 0.464 e. The normalized spacial score (nSPS) is 12.3. The molecule has 0 heterocycles. The Balaban J connectivity index is 2.96. The lowest BCUT2D eigenvalue weighted by Gasteiger charge is -2.21. The molecule has 0 aliphatic carbocycles. The number of amides is 2. The molecule has 0 saturated heterocycles. The molecule has 4 N–H and O–H groups in total. The number of carbonyl (C=O) groups excluding carboxylic acids is 5. The zero-order chi connectivity index (χ0) is 23.2. The standard InChI is InChI=1S/C22H31N3O6/c1-3-5-13-31-22(30)17(11-12-26)25-21(29)18(24-20(28)8-4-2)14-19(27)15-9-6-7-10-16(15)23/h6-7,9-10,12,17-18H,3-5,8,11,13-14,23H2,1-2H3,(H,24,28)(H,25,29). The van der Waals surface area contributed by atoms with Crippen LogP contribution in [-0.2, 0) is 23.9 Å². The number of esters is 1. The summed E-state index contributed by atoms with van der Waals surface area (Å²) in [5, 5.41) is 4.94. The van der Waals surface area contributed by atoms with Crippen LogP contribution in [0.4, 0.5) is 5.69 Å². The summed E-state index contributed by atoms with van der Waals surface area (Å²) >= 11 is 0. The molecule has 2 atom stereocenters. The average Bonchev–Trinajstić information content (AvgIpc) is 2.73. The molecule has 170 valence electrons. The Hall–Kier alpha value is -3.23. The third-order valence-electron chi connectivity index (χ3n) is 4.45. The molecule has 31 heavy (non-hydrogen) atoms. The van der Waals surface area contributed by atoms with E-state index in [1.807, 2.05) is 6.92 Å². The molecule has 2 amide bonds. The molecule has 9 nitrogen and oxygen atoms in total. The molecule has 0 bridgehead atoms. The Morgan fingerprint density at radius 2 is 1.77 bits per heavy atom. The Kier molecular flexibility index (Phi) is 11.6. The summed E-state index contributed by atoms with van der Waals surface area (Å²) in [4.78, 5) is 60.8. The number of rotatable bonds is 14. The van der Waals surface area contributed by atoms with E-state index in [1.54, 1.807) is 25.1 Å². The van der Waals surface area contributed by atoms with Crippen LogP contribution in [-0.4, -0.2) is 48.5 Å². The van der Waals surface area contributed by atoms with Crippen LogP contribution >= 0.6 is 0 Å². The number of nitrogens with one attached hydrogen (secondary N) is 2. The molecule has 0 saturated carbocycles. The van der Waals surface area contributed by atoms with E-state index >= 15 is 0 Å². The van der Waals surface area contributed by atoms with Crippen LogP contribution in [0.2, 0.25) is 0 Å². The molecular formula is C22H31N3O6. The first-order valence-electron chi connectivity index (χ1n) is 10.4. The molecular weight excluding hydrogens is 402 g/mol. The van der Waals surface area contributed by atoms with Crippen molar-refractivity contribution in [1.29, 1.82) is 0 Å². The number of ketones is 1.